The topological polar surface area (TPSA) is 96.3 Å². The Hall–Kier alpha value is -3.40. The zero-order valence-corrected chi connectivity index (χ0v) is 20.8. The fourth-order valence-corrected chi connectivity index (χ4v) is 5.71. The first-order chi connectivity index (χ1) is 17.1. The zero-order valence-electron chi connectivity index (χ0n) is 20.8. The van der Waals surface area contributed by atoms with Crippen LogP contribution in [0.3, 0.4) is 0 Å². The van der Waals surface area contributed by atoms with Crippen molar-refractivity contribution in [3.05, 3.63) is 42.5 Å². The van der Waals surface area contributed by atoms with E-state index in [4.69, 9.17) is 4.74 Å². The van der Waals surface area contributed by atoms with Crippen molar-refractivity contribution in [2.45, 2.75) is 62.8 Å². The first-order valence-corrected chi connectivity index (χ1v) is 12.0. The highest BCUT2D eigenvalue weighted by molar-refractivity contribution is 5.73. The molecule has 5 rings (SSSR count). The molecule has 2 aliphatic rings. The summed E-state index contributed by atoms with van der Waals surface area (Å²) in [6, 6.07) is 5.78. The molecular weight excluding hydrogens is 466 g/mol. The molecule has 36 heavy (non-hydrogen) atoms. The molecule has 2 fully saturated rings. The van der Waals surface area contributed by atoms with Crippen molar-refractivity contribution in [1.29, 1.82) is 0 Å². The van der Waals surface area contributed by atoms with Crippen LogP contribution in [0, 0.1) is 5.82 Å². The average Bonchev–Trinajstić information content (AvgIpc) is 2.86. The second kappa shape index (κ2) is 8.92. The Balaban J connectivity index is 1.38. The number of nitrogens with zero attached hydrogens (tertiary/aromatic N) is 5. The molecule has 0 aliphatic carbocycles. The molecule has 2 aromatic heterocycles. The number of hydrogen-bond acceptors (Lipinski definition) is 8. The molecule has 4 atom stereocenters. The maximum Gasteiger partial charge on any atom is 0.213 e. The molecule has 2 aliphatic heterocycles. The molecule has 0 radical (unpaired) electrons. The van der Waals surface area contributed by atoms with Gasteiger partial charge in [0, 0.05) is 29.8 Å². The molecule has 4 heterocycles. The van der Waals surface area contributed by atoms with Gasteiger partial charge in [-0.05, 0) is 57.2 Å². The number of rotatable bonds is 5. The van der Waals surface area contributed by atoms with Gasteiger partial charge in [0.2, 0.25) is 5.88 Å². The number of fused-ring (bicyclic) bond motifs is 2. The zero-order chi connectivity index (χ0) is 25.7. The lowest BCUT2D eigenvalue weighted by atomic mass is 9.68. The number of phenols is 1. The molecule has 1 aromatic carbocycles. The summed E-state index contributed by atoms with van der Waals surface area (Å²) < 4.78 is 35.0. The van der Waals surface area contributed by atoms with Crippen molar-refractivity contribution in [2.24, 2.45) is 0 Å². The second-order valence-electron chi connectivity index (χ2n) is 10.3. The van der Waals surface area contributed by atoms with E-state index in [9.17, 15) is 9.50 Å². The molecule has 0 saturated carbocycles. The standard InChI is InChI=1S/C26H30F2N6O2/c1-25-8-5-9-26(2,33-25)23(28)19(12-25)34(3)21-14-30-24(32-31-21)16-7-6-15(10-20(16)35)17-11-22(36-4)29-13-18(17)27/h6-7,10-11,13-14,19,23,33,35H,5,8-9,12H2,1-4H3/t19-,23-,25-,26+/m1/s1. The third-order valence-electron chi connectivity index (χ3n) is 7.62. The number of aromatic nitrogens is 4. The Morgan fingerprint density at radius 1 is 1.11 bits per heavy atom. The Kier molecular flexibility index (Phi) is 6.02. The van der Waals surface area contributed by atoms with Gasteiger partial charge in [-0.1, -0.05) is 6.07 Å². The van der Waals surface area contributed by atoms with E-state index >= 15 is 4.39 Å². The van der Waals surface area contributed by atoms with E-state index in [-0.39, 0.29) is 34.6 Å². The SMILES string of the molecule is COc1cc(-c2ccc(-c3ncc(N(C)[C@@H]4C[C@@]5(C)CCC[C@](C)(N5)[C@@H]4F)nn3)c(O)c2)c(F)cn1. The Bertz CT molecular complexity index is 1280. The number of benzene rings is 1. The number of halogens is 2. The van der Waals surface area contributed by atoms with Crippen LogP contribution in [0.5, 0.6) is 11.6 Å². The number of phenolic OH excluding ortho intramolecular Hbond substituents is 1. The van der Waals surface area contributed by atoms with Gasteiger partial charge in [-0.15, -0.1) is 10.2 Å². The van der Waals surface area contributed by atoms with Gasteiger partial charge < -0.3 is 20.1 Å². The van der Waals surface area contributed by atoms with Gasteiger partial charge >= 0.3 is 0 Å². The number of anilines is 1. The first-order valence-electron chi connectivity index (χ1n) is 12.0. The van der Waals surface area contributed by atoms with Gasteiger partial charge in [0.15, 0.2) is 11.6 Å². The van der Waals surface area contributed by atoms with E-state index in [0.717, 1.165) is 25.5 Å². The summed E-state index contributed by atoms with van der Waals surface area (Å²) in [6.45, 7) is 4.12. The van der Waals surface area contributed by atoms with Crippen LogP contribution in [0.2, 0.25) is 0 Å². The molecule has 0 amide bonds. The maximum atomic E-state index is 15.6. The van der Waals surface area contributed by atoms with Crippen molar-refractivity contribution in [3.63, 3.8) is 0 Å². The largest absolute Gasteiger partial charge is 0.507 e. The quantitative estimate of drug-likeness (QED) is 0.540. The second-order valence-corrected chi connectivity index (χ2v) is 10.3. The van der Waals surface area contributed by atoms with Crippen LogP contribution in [0.4, 0.5) is 14.6 Å². The molecule has 2 N–H and O–H groups in total. The summed E-state index contributed by atoms with van der Waals surface area (Å²) in [5.41, 5.74) is 0.348. The number of alkyl halides is 1. The van der Waals surface area contributed by atoms with Crippen molar-refractivity contribution >= 4 is 5.82 Å². The van der Waals surface area contributed by atoms with Gasteiger partial charge in [-0.3, -0.25) is 0 Å². The van der Waals surface area contributed by atoms with E-state index in [1.165, 1.54) is 25.4 Å². The predicted octanol–water partition coefficient (Wildman–Crippen LogP) is 4.29. The number of ether oxygens (including phenoxy) is 1. The highest BCUT2D eigenvalue weighted by Gasteiger charge is 2.53. The Morgan fingerprint density at radius 2 is 1.92 bits per heavy atom. The normalized spacial score (nSPS) is 27.5. The van der Waals surface area contributed by atoms with Crippen LogP contribution in [-0.2, 0) is 0 Å². The Labute approximate surface area is 208 Å². The first kappa shape index (κ1) is 24.3. The van der Waals surface area contributed by atoms with Crippen LogP contribution in [0.15, 0.2) is 36.7 Å². The lowest BCUT2D eigenvalue weighted by Crippen LogP contribution is -2.72. The van der Waals surface area contributed by atoms with Gasteiger partial charge in [-0.25, -0.2) is 18.7 Å². The highest BCUT2D eigenvalue weighted by Crippen LogP contribution is 2.43. The number of hydrogen-bond donors (Lipinski definition) is 2. The number of nitrogens with one attached hydrogen (secondary N) is 1. The van der Waals surface area contributed by atoms with E-state index in [1.54, 1.807) is 12.1 Å². The number of aromatic hydroxyl groups is 1. The lowest BCUT2D eigenvalue weighted by molar-refractivity contribution is 0.00193. The van der Waals surface area contributed by atoms with Crippen molar-refractivity contribution < 1.29 is 18.6 Å². The van der Waals surface area contributed by atoms with E-state index in [1.807, 2.05) is 18.9 Å². The summed E-state index contributed by atoms with van der Waals surface area (Å²) in [5, 5.41) is 22.7. The van der Waals surface area contributed by atoms with Crippen LogP contribution < -0.4 is 15.0 Å². The van der Waals surface area contributed by atoms with Crippen molar-refractivity contribution in [1.82, 2.24) is 25.5 Å². The van der Waals surface area contributed by atoms with E-state index < -0.39 is 17.5 Å². The van der Waals surface area contributed by atoms with Crippen molar-refractivity contribution in [3.8, 4) is 34.1 Å². The van der Waals surface area contributed by atoms with E-state index in [2.05, 4.69) is 32.4 Å². The van der Waals surface area contributed by atoms with Crippen molar-refractivity contribution in [2.75, 3.05) is 19.1 Å². The smallest absolute Gasteiger partial charge is 0.213 e. The molecule has 3 aromatic rings. The molecule has 190 valence electrons. The molecule has 2 saturated heterocycles. The molecule has 0 unspecified atom stereocenters. The molecule has 2 bridgehead atoms. The van der Waals surface area contributed by atoms with Gasteiger partial charge in [0.05, 0.1) is 31.1 Å². The summed E-state index contributed by atoms with van der Waals surface area (Å²) in [4.78, 5) is 10.0. The predicted molar refractivity (Wildman–Crippen MR) is 132 cm³/mol. The van der Waals surface area contributed by atoms with Crippen LogP contribution in [0.25, 0.3) is 22.5 Å². The van der Waals surface area contributed by atoms with Gasteiger partial charge in [-0.2, -0.15) is 0 Å². The fourth-order valence-electron chi connectivity index (χ4n) is 5.71. The number of methoxy groups -OCH3 is 1. The fraction of sp³-hybridized carbons (Fsp3) is 0.462. The third kappa shape index (κ3) is 4.23. The molecule has 10 heteroatoms. The lowest BCUT2D eigenvalue weighted by Gasteiger charge is -2.56. The molecule has 0 spiro atoms. The minimum atomic E-state index is -1.07. The van der Waals surface area contributed by atoms with E-state index in [0.29, 0.717) is 23.4 Å². The summed E-state index contributed by atoms with van der Waals surface area (Å²) >= 11 is 0. The average molecular weight is 497 g/mol. The van der Waals surface area contributed by atoms with Crippen LogP contribution >= 0.6 is 0 Å². The minimum Gasteiger partial charge on any atom is -0.507 e. The summed E-state index contributed by atoms with van der Waals surface area (Å²) in [7, 11) is 3.27. The summed E-state index contributed by atoms with van der Waals surface area (Å²) in [6.07, 6.45) is 5.01. The number of pyridine rings is 1. The summed E-state index contributed by atoms with van der Waals surface area (Å²) in [5.74, 6) is 0.270. The van der Waals surface area contributed by atoms with Crippen LogP contribution in [-0.4, -0.2) is 62.7 Å². The number of piperidine rings is 2. The molecular formula is C26H30F2N6O2. The third-order valence-corrected chi connectivity index (χ3v) is 7.62. The van der Waals surface area contributed by atoms with Gasteiger partial charge in [0.1, 0.15) is 17.7 Å². The maximum absolute atomic E-state index is 15.6. The van der Waals surface area contributed by atoms with Crippen LogP contribution in [0.1, 0.15) is 39.5 Å². The highest BCUT2D eigenvalue weighted by atomic mass is 19.1. The van der Waals surface area contributed by atoms with Gasteiger partial charge in [0.25, 0.3) is 0 Å². The molecule has 8 nitrogen and oxygen atoms in total. The minimum absolute atomic E-state index is 0.124. The monoisotopic (exact) mass is 496 g/mol. The Morgan fingerprint density at radius 3 is 2.61 bits per heavy atom.